The predicted molar refractivity (Wildman–Crippen MR) is 79.5 cm³/mol. The van der Waals surface area contributed by atoms with Crippen LogP contribution in [-0.4, -0.2) is 9.97 Å². The van der Waals surface area contributed by atoms with Gasteiger partial charge in [0.05, 0.1) is 23.7 Å². The van der Waals surface area contributed by atoms with Crippen LogP contribution in [0.25, 0.3) is 11.3 Å². The second kappa shape index (κ2) is 5.93. The van der Waals surface area contributed by atoms with Gasteiger partial charge in [0, 0.05) is 11.8 Å². The Balaban J connectivity index is 1.78. The number of nitrogens with zero attached hydrogens (tertiary/aromatic N) is 2. The minimum absolute atomic E-state index is 0.452. The molecule has 21 heavy (non-hydrogen) atoms. The first kappa shape index (κ1) is 12.9. The number of para-hydroxylation sites is 1. The molecule has 0 spiro atoms. The summed E-state index contributed by atoms with van der Waals surface area (Å²) >= 11 is 0. The number of hydrogen-bond donors (Lipinski definition) is 1. The van der Waals surface area contributed by atoms with Crippen molar-refractivity contribution in [3.05, 3.63) is 72.2 Å². The molecule has 3 rings (SSSR count). The number of aromatic nitrogens is 2. The summed E-state index contributed by atoms with van der Waals surface area (Å²) in [5.74, 6) is 0.786. The molecule has 1 aromatic heterocycles. The third-order valence-electron chi connectivity index (χ3n) is 3.14. The Labute approximate surface area is 122 Å². The van der Waals surface area contributed by atoms with Crippen molar-refractivity contribution in [1.29, 1.82) is 5.26 Å². The van der Waals surface area contributed by atoms with Gasteiger partial charge in [-0.3, -0.25) is 0 Å². The summed E-state index contributed by atoms with van der Waals surface area (Å²) in [4.78, 5) is 7.20. The molecule has 4 nitrogen and oxygen atoms in total. The molecule has 0 amide bonds. The van der Waals surface area contributed by atoms with Crippen LogP contribution in [0.15, 0.2) is 61.1 Å². The van der Waals surface area contributed by atoms with Gasteiger partial charge in [-0.1, -0.05) is 24.3 Å². The summed E-state index contributed by atoms with van der Waals surface area (Å²) in [5.41, 5.74) is 3.47. The third-order valence-corrected chi connectivity index (χ3v) is 3.14. The van der Waals surface area contributed by atoms with E-state index in [1.54, 1.807) is 18.5 Å². The first-order valence-corrected chi connectivity index (χ1v) is 6.57. The SMILES string of the molecule is N#Cc1ccc(COc2ccccc2-c2c[nH]cn2)cc1. The highest BCUT2D eigenvalue weighted by molar-refractivity contribution is 5.66. The van der Waals surface area contributed by atoms with Crippen molar-refractivity contribution >= 4 is 0 Å². The van der Waals surface area contributed by atoms with Gasteiger partial charge in [-0.15, -0.1) is 0 Å². The Morgan fingerprint density at radius 1 is 1.10 bits per heavy atom. The van der Waals surface area contributed by atoms with Gasteiger partial charge in [0.2, 0.25) is 0 Å². The number of H-pyrrole nitrogens is 1. The molecule has 1 N–H and O–H groups in total. The van der Waals surface area contributed by atoms with Gasteiger partial charge in [-0.25, -0.2) is 4.98 Å². The Bertz CT molecular complexity index is 755. The Morgan fingerprint density at radius 3 is 2.62 bits per heavy atom. The molecule has 0 saturated carbocycles. The van der Waals surface area contributed by atoms with Gasteiger partial charge >= 0.3 is 0 Å². The second-order valence-corrected chi connectivity index (χ2v) is 4.55. The number of aromatic amines is 1. The first-order chi connectivity index (χ1) is 10.4. The van der Waals surface area contributed by atoms with E-state index in [9.17, 15) is 0 Å². The average molecular weight is 275 g/mol. The lowest BCUT2D eigenvalue weighted by atomic mass is 10.1. The molecule has 0 saturated heterocycles. The van der Waals surface area contributed by atoms with Crippen LogP contribution in [0.1, 0.15) is 11.1 Å². The molecule has 102 valence electrons. The molecular formula is C17H13N3O. The fourth-order valence-corrected chi connectivity index (χ4v) is 2.05. The monoisotopic (exact) mass is 275 g/mol. The van der Waals surface area contributed by atoms with E-state index in [-0.39, 0.29) is 0 Å². The van der Waals surface area contributed by atoms with Gasteiger partial charge in [-0.05, 0) is 29.8 Å². The van der Waals surface area contributed by atoms with E-state index in [0.29, 0.717) is 12.2 Å². The summed E-state index contributed by atoms with van der Waals surface area (Å²) in [7, 11) is 0. The lowest BCUT2D eigenvalue weighted by molar-refractivity contribution is 0.307. The average Bonchev–Trinajstić information content (AvgIpc) is 3.08. The maximum Gasteiger partial charge on any atom is 0.129 e. The summed E-state index contributed by atoms with van der Waals surface area (Å²) in [6, 6.07) is 17.3. The van der Waals surface area contributed by atoms with Crippen LogP contribution in [0.5, 0.6) is 5.75 Å². The molecule has 1 heterocycles. The third kappa shape index (κ3) is 2.93. The van der Waals surface area contributed by atoms with Crippen LogP contribution < -0.4 is 4.74 Å². The lowest BCUT2D eigenvalue weighted by Gasteiger charge is -2.10. The maximum absolute atomic E-state index is 8.79. The largest absolute Gasteiger partial charge is 0.488 e. The molecule has 0 aliphatic rings. The number of benzene rings is 2. The standard InChI is InChI=1S/C17H13N3O/c18-9-13-5-7-14(8-6-13)11-21-17-4-2-1-3-15(17)16-10-19-12-20-16/h1-8,10,12H,11H2,(H,19,20). The fourth-order valence-electron chi connectivity index (χ4n) is 2.05. The van der Waals surface area contributed by atoms with Crippen LogP contribution in [0.2, 0.25) is 0 Å². The number of hydrogen-bond acceptors (Lipinski definition) is 3. The molecule has 0 bridgehead atoms. The zero-order chi connectivity index (χ0) is 14.5. The molecule has 0 fully saturated rings. The highest BCUT2D eigenvalue weighted by atomic mass is 16.5. The Kier molecular flexibility index (Phi) is 3.66. The van der Waals surface area contributed by atoms with Crippen LogP contribution >= 0.6 is 0 Å². The number of imidazole rings is 1. The second-order valence-electron chi connectivity index (χ2n) is 4.55. The summed E-state index contributed by atoms with van der Waals surface area (Å²) < 4.78 is 5.88. The predicted octanol–water partition coefficient (Wildman–Crippen LogP) is 3.53. The summed E-state index contributed by atoms with van der Waals surface area (Å²) in [6.45, 7) is 0.452. The quantitative estimate of drug-likeness (QED) is 0.792. The van der Waals surface area contributed by atoms with E-state index in [2.05, 4.69) is 16.0 Å². The van der Waals surface area contributed by atoms with Crippen LogP contribution in [0.3, 0.4) is 0 Å². The zero-order valence-corrected chi connectivity index (χ0v) is 11.3. The topological polar surface area (TPSA) is 61.7 Å². The van der Waals surface area contributed by atoms with Crippen LogP contribution in [0.4, 0.5) is 0 Å². The van der Waals surface area contributed by atoms with E-state index in [0.717, 1.165) is 22.6 Å². The van der Waals surface area contributed by atoms with Crippen molar-refractivity contribution < 1.29 is 4.74 Å². The van der Waals surface area contributed by atoms with Crippen molar-refractivity contribution in [2.45, 2.75) is 6.61 Å². The van der Waals surface area contributed by atoms with Crippen molar-refractivity contribution in [1.82, 2.24) is 9.97 Å². The van der Waals surface area contributed by atoms with Gasteiger partial charge in [0.25, 0.3) is 0 Å². The van der Waals surface area contributed by atoms with E-state index in [1.807, 2.05) is 42.6 Å². The van der Waals surface area contributed by atoms with Crippen LogP contribution in [-0.2, 0) is 6.61 Å². The van der Waals surface area contributed by atoms with Crippen molar-refractivity contribution in [2.24, 2.45) is 0 Å². The van der Waals surface area contributed by atoms with Crippen LogP contribution in [0, 0.1) is 11.3 Å². The van der Waals surface area contributed by atoms with Crippen molar-refractivity contribution in [3.8, 4) is 23.1 Å². The van der Waals surface area contributed by atoms with E-state index in [4.69, 9.17) is 10.00 Å². The first-order valence-electron chi connectivity index (χ1n) is 6.57. The zero-order valence-electron chi connectivity index (χ0n) is 11.3. The molecule has 0 atom stereocenters. The maximum atomic E-state index is 8.79. The Hall–Kier alpha value is -3.06. The van der Waals surface area contributed by atoms with Gasteiger partial charge in [0.15, 0.2) is 0 Å². The molecule has 2 aromatic carbocycles. The summed E-state index contributed by atoms with van der Waals surface area (Å²) in [6.07, 6.45) is 3.48. The smallest absolute Gasteiger partial charge is 0.129 e. The van der Waals surface area contributed by atoms with Crippen molar-refractivity contribution in [2.75, 3.05) is 0 Å². The molecule has 0 radical (unpaired) electrons. The summed E-state index contributed by atoms with van der Waals surface area (Å²) in [5, 5.41) is 8.79. The number of nitrogens with one attached hydrogen (secondary N) is 1. The highest BCUT2D eigenvalue weighted by Crippen LogP contribution is 2.28. The normalized spacial score (nSPS) is 10.0. The van der Waals surface area contributed by atoms with E-state index >= 15 is 0 Å². The molecular weight excluding hydrogens is 262 g/mol. The van der Waals surface area contributed by atoms with Crippen molar-refractivity contribution in [3.63, 3.8) is 0 Å². The minimum Gasteiger partial charge on any atom is -0.488 e. The molecule has 0 aliphatic carbocycles. The lowest BCUT2D eigenvalue weighted by Crippen LogP contribution is -1.97. The minimum atomic E-state index is 0.452. The van der Waals surface area contributed by atoms with E-state index in [1.165, 1.54) is 0 Å². The van der Waals surface area contributed by atoms with Gasteiger partial charge in [-0.2, -0.15) is 5.26 Å². The van der Waals surface area contributed by atoms with E-state index < -0.39 is 0 Å². The number of nitriles is 1. The Morgan fingerprint density at radius 2 is 1.90 bits per heavy atom. The van der Waals surface area contributed by atoms with Gasteiger partial charge in [0.1, 0.15) is 12.4 Å². The molecule has 3 aromatic rings. The highest BCUT2D eigenvalue weighted by Gasteiger charge is 2.07. The fraction of sp³-hybridized carbons (Fsp3) is 0.0588. The molecule has 4 heteroatoms. The molecule has 0 aliphatic heterocycles. The molecule has 0 unspecified atom stereocenters. The number of rotatable bonds is 4. The van der Waals surface area contributed by atoms with Gasteiger partial charge < -0.3 is 9.72 Å². The number of ether oxygens (including phenoxy) is 1.